The molecule has 13 nitrogen and oxygen atoms in total. The molecular weight excluding hydrogens is 821 g/mol. The Morgan fingerprint density at radius 3 is 1.25 bits per heavy atom. The van der Waals surface area contributed by atoms with Gasteiger partial charge in [0.2, 0.25) is 0 Å². The van der Waals surface area contributed by atoms with E-state index in [4.69, 9.17) is 47.4 Å². The van der Waals surface area contributed by atoms with Crippen LogP contribution in [-0.4, -0.2) is 70.0 Å². The van der Waals surface area contributed by atoms with Crippen LogP contribution in [0.4, 0.5) is 14.4 Å². The highest BCUT2D eigenvalue weighted by atomic mass is 16.8. The maximum absolute atomic E-state index is 13.7. The summed E-state index contributed by atoms with van der Waals surface area (Å²) in [6.45, 7) is -0.758. The van der Waals surface area contributed by atoms with Gasteiger partial charge in [0, 0.05) is 7.11 Å². The maximum Gasteiger partial charge on any atom is 0.509 e. The van der Waals surface area contributed by atoms with Gasteiger partial charge in [0.15, 0.2) is 24.6 Å². The van der Waals surface area contributed by atoms with Gasteiger partial charge in [0.25, 0.3) is 0 Å². The Labute approximate surface area is 371 Å². The molecule has 64 heavy (non-hydrogen) atoms. The van der Waals surface area contributed by atoms with Crippen LogP contribution in [0.25, 0.3) is 0 Å². The van der Waals surface area contributed by atoms with Crippen LogP contribution in [0.3, 0.4) is 0 Å². The number of hydrogen-bond acceptors (Lipinski definition) is 13. The van der Waals surface area contributed by atoms with Gasteiger partial charge in [-0.05, 0) is 45.5 Å². The Morgan fingerprint density at radius 1 is 0.469 bits per heavy atom. The van der Waals surface area contributed by atoms with Gasteiger partial charge < -0.3 is 47.4 Å². The van der Waals surface area contributed by atoms with Crippen molar-refractivity contribution in [1.29, 1.82) is 0 Å². The first-order valence-electron chi connectivity index (χ1n) is 20.6. The Morgan fingerprint density at radius 2 is 0.844 bits per heavy atom. The lowest BCUT2D eigenvalue weighted by atomic mass is 9.80. The molecule has 0 N–H and O–H groups in total. The zero-order valence-electron chi connectivity index (χ0n) is 35.3. The lowest BCUT2D eigenvalue weighted by molar-refractivity contribution is -0.302. The highest BCUT2D eigenvalue weighted by Crippen LogP contribution is 2.42. The Hall–Kier alpha value is -7.19. The van der Waals surface area contributed by atoms with E-state index in [1.807, 2.05) is 103 Å². The topological polar surface area (TPSA) is 144 Å². The Kier molecular flexibility index (Phi) is 15.6. The first-order valence-corrected chi connectivity index (χ1v) is 20.6. The van der Waals surface area contributed by atoms with E-state index in [1.165, 1.54) is 7.11 Å². The van der Waals surface area contributed by atoms with Gasteiger partial charge in [-0.15, -0.1) is 0 Å². The van der Waals surface area contributed by atoms with Crippen molar-refractivity contribution in [3.8, 4) is 5.75 Å². The second-order valence-corrected chi connectivity index (χ2v) is 14.6. The zero-order chi connectivity index (χ0) is 44.6. The molecule has 0 radical (unpaired) electrons. The SMILES string of the molecule is COc1ccc(C(OC[C@H]2O[C@H](OC)[C@H](OC(=O)OCc3ccccc3)[C@@H](OC(=O)OCc3ccccc3)[C@H]2OC(=O)OCc2ccccc2)(c2ccccc2)c2ccccc2)cc1. The molecule has 0 bridgehead atoms. The van der Waals surface area contributed by atoms with Gasteiger partial charge in [-0.2, -0.15) is 0 Å². The average Bonchev–Trinajstić information content (AvgIpc) is 3.35. The fourth-order valence-electron chi connectivity index (χ4n) is 7.32. The highest BCUT2D eigenvalue weighted by molar-refractivity contribution is 5.63. The number of carbonyl (C=O) groups is 3. The van der Waals surface area contributed by atoms with Crippen molar-refractivity contribution in [2.24, 2.45) is 0 Å². The van der Waals surface area contributed by atoms with Gasteiger partial charge in [0.05, 0.1) is 13.7 Å². The molecule has 1 heterocycles. The second-order valence-electron chi connectivity index (χ2n) is 14.6. The summed E-state index contributed by atoms with van der Waals surface area (Å²) in [5.74, 6) is 0.632. The van der Waals surface area contributed by atoms with Gasteiger partial charge in [-0.3, -0.25) is 0 Å². The van der Waals surface area contributed by atoms with Crippen LogP contribution in [0.5, 0.6) is 5.75 Å². The van der Waals surface area contributed by atoms with E-state index in [0.717, 1.165) is 16.7 Å². The highest BCUT2D eigenvalue weighted by Gasteiger charge is 2.54. The van der Waals surface area contributed by atoms with Crippen LogP contribution in [0.2, 0.25) is 0 Å². The summed E-state index contributed by atoms with van der Waals surface area (Å²) >= 11 is 0. The van der Waals surface area contributed by atoms with Gasteiger partial charge in [-0.25, -0.2) is 14.4 Å². The number of hydrogen-bond donors (Lipinski definition) is 0. The molecule has 0 spiro atoms. The van der Waals surface area contributed by atoms with Crippen LogP contribution in [0.1, 0.15) is 33.4 Å². The minimum Gasteiger partial charge on any atom is -0.497 e. The van der Waals surface area contributed by atoms with Crippen molar-refractivity contribution in [2.45, 2.75) is 56.1 Å². The van der Waals surface area contributed by atoms with Crippen molar-refractivity contribution in [1.82, 2.24) is 0 Å². The molecule has 1 aliphatic heterocycles. The summed E-state index contributed by atoms with van der Waals surface area (Å²) in [6.07, 6.45) is -10.9. The monoisotopic (exact) mass is 868 g/mol. The molecule has 0 unspecified atom stereocenters. The van der Waals surface area contributed by atoms with Crippen molar-refractivity contribution < 1.29 is 61.8 Å². The quantitative estimate of drug-likeness (QED) is 0.0488. The normalized spacial score (nSPS) is 18.2. The second kappa shape index (κ2) is 22.2. The molecule has 1 aliphatic rings. The number of benzene rings is 6. The first kappa shape index (κ1) is 44.9. The van der Waals surface area contributed by atoms with E-state index in [9.17, 15) is 14.4 Å². The van der Waals surface area contributed by atoms with Crippen molar-refractivity contribution in [3.05, 3.63) is 209 Å². The van der Waals surface area contributed by atoms with E-state index >= 15 is 0 Å². The van der Waals surface area contributed by atoms with Crippen LogP contribution in [0.15, 0.2) is 176 Å². The standard InChI is InChI=1S/C51H48O13/c1-55-42-30-28-41(29-31-42)51(39-24-14-6-15-25-39,40-26-16-7-17-27-40)60-35-43-44(62-48(52)57-32-36-18-8-3-9-19-36)45(63-49(53)58-33-37-20-10-4-11-21-37)46(47(56-2)61-43)64-50(54)59-34-38-22-12-5-13-23-38/h3-31,43-47H,32-35H2,1-2H3/t43-,44+,45+,46-,47+/m1/s1. The molecule has 330 valence electrons. The molecule has 7 rings (SSSR count). The molecule has 0 aromatic heterocycles. The van der Waals surface area contributed by atoms with Crippen molar-refractivity contribution in [2.75, 3.05) is 20.8 Å². The van der Waals surface area contributed by atoms with E-state index in [2.05, 4.69) is 0 Å². The van der Waals surface area contributed by atoms with Crippen LogP contribution in [0, 0.1) is 0 Å². The van der Waals surface area contributed by atoms with Crippen molar-refractivity contribution >= 4 is 18.5 Å². The molecule has 1 fully saturated rings. The van der Waals surface area contributed by atoms with E-state index in [0.29, 0.717) is 22.4 Å². The zero-order valence-corrected chi connectivity index (χ0v) is 35.3. The molecular formula is C51H48O13. The van der Waals surface area contributed by atoms with Gasteiger partial charge in [0.1, 0.15) is 37.3 Å². The third-order valence-corrected chi connectivity index (χ3v) is 10.4. The largest absolute Gasteiger partial charge is 0.509 e. The van der Waals surface area contributed by atoms with Gasteiger partial charge >= 0.3 is 18.5 Å². The molecule has 13 heteroatoms. The maximum atomic E-state index is 13.7. The minimum atomic E-state index is -1.63. The third kappa shape index (κ3) is 11.4. The van der Waals surface area contributed by atoms with Crippen LogP contribution < -0.4 is 4.74 Å². The van der Waals surface area contributed by atoms with E-state index < -0.39 is 54.8 Å². The molecule has 6 aromatic carbocycles. The third-order valence-electron chi connectivity index (χ3n) is 10.4. The van der Waals surface area contributed by atoms with Gasteiger partial charge in [-0.1, -0.05) is 164 Å². The van der Waals surface area contributed by atoms with E-state index in [1.54, 1.807) is 79.9 Å². The number of carbonyl (C=O) groups excluding carboxylic acids is 3. The summed E-state index contributed by atoms with van der Waals surface area (Å²) in [7, 11) is 2.91. The Bertz CT molecular complexity index is 2310. The number of methoxy groups -OCH3 is 2. The fraction of sp³-hybridized carbons (Fsp3) is 0.235. The lowest BCUT2D eigenvalue weighted by Gasteiger charge is -2.44. The summed E-state index contributed by atoms with van der Waals surface area (Å²) in [5.41, 5.74) is 2.99. The summed E-state index contributed by atoms with van der Waals surface area (Å²) < 4.78 is 59.3. The van der Waals surface area contributed by atoms with Crippen molar-refractivity contribution in [3.63, 3.8) is 0 Å². The predicted octanol–water partition coefficient (Wildman–Crippen LogP) is 9.54. The molecule has 1 saturated heterocycles. The molecule has 0 amide bonds. The summed E-state index contributed by atoms with van der Waals surface area (Å²) in [5, 5.41) is 0. The molecule has 6 aromatic rings. The minimum absolute atomic E-state index is 0.135. The Balaban J connectivity index is 1.26. The van der Waals surface area contributed by atoms with Crippen LogP contribution in [-0.2, 0) is 68.1 Å². The molecule has 5 atom stereocenters. The predicted molar refractivity (Wildman–Crippen MR) is 232 cm³/mol. The summed E-state index contributed by atoms with van der Waals surface area (Å²) in [6, 6.07) is 53.5. The van der Waals surface area contributed by atoms with Crippen LogP contribution >= 0.6 is 0 Å². The fourth-order valence-corrected chi connectivity index (χ4v) is 7.32. The number of rotatable bonds is 17. The van der Waals surface area contributed by atoms with E-state index in [-0.39, 0.29) is 26.4 Å². The lowest BCUT2D eigenvalue weighted by Crippen LogP contribution is -2.63. The summed E-state index contributed by atoms with van der Waals surface area (Å²) in [4.78, 5) is 40.9. The molecule has 0 aliphatic carbocycles. The average molecular weight is 869 g/mol. The smallest absolute Gasteiger partial charge is 0.497 e. The first-order chi connectivity index (χ1) is 31.4. The molecule has 0 saturated carbocycles. The number of ether oxygens (including phenoxy) is 10.